The Kier molecular flexibility index (Phi) is 15.7. The van der Waals surface area contributed by atoms with Gasteiger partial charge in [0, 0.05) is 0 Å². The Hall–Kier alpha value is -8.52. The second kappa shape index (κ2) is 23.0. The maximum Gasteiger partial charge on any atom is 0.339 e. The number of aromatic hydroxyl groups is 1. The molecule has 2 N–H and O–H groups in total. The zero-order valence-electron chi connectivity index (χ0n) is 37.7. The van der Waals surface area contributed by atoms with Crippen molar-refractivity contribution in [3.05, 3.63) is 256 Å². The molecule has 0 saturated carbocycles. The van der Waals surface area contributed by atoms with E-state index < -0.39 is 40.4 Å². The number of hydrogen-bond acceptors (Lipinski definition) is 11. The van der Waals surface area contributed by atoms with Crippen molar-refractivity contribution in [3.63, 3.8) is 0 Å². The molecule has 70 heavy (non-hydrogen) atoms. The molecule has 0 aliphatic rings. The van der Waals surface area contributed by atoms with Gasteiger partial charge >= 0.3 is 11.9 Å². The number of rotatable bonds is 21. The largest absolute Gasteiger partial charge is 0.508 e. The quantitative estimate of drug-likeness (QED) is 0.0520. The number of sulfonamides is 1. The van der Waals surface area contributed by atoms with E-state index in [0.29, 0.717) is 5.56 Å². The number of carbonyl (C=O) groups excluding carboxylic acids is 3. The lowest BCUT2D eigenvalue weighted by Crippen LogP contribution is -2.32. The van der Waals surface area contributed by atoms with Gasteiger partial charge in [0.05, 0.1) is 27.6 Å². The van der Waals surface area contributed by atoms with Crippen molar-refractivity contribution in [1.82, 2.24) is 4.72 Å². The minimum absolute atomic E-state index is 0.00886. The summed E-state index contributed by atoms with van der Waals surface area (Å²) in [7, 11) is -4.13. The lowest BCUT2D eigenvalue weighted by Gasteiger charge is -2.21. The van der Waals surface area contributed by atoms with Gasteiger partial charge in [0.15, 0.2) is 0 Å². The first kappa shape index (κ1) is 48.0. The van der Waals surface area contributed by atoms with E-state index in [-0.39, 0.29) is 76.6 Å². The second-order valence-corrected chi connectivity index (χ2v) is 17.6. The number of ether oxygens (including phenoxy) is 5. The summed E-state index contributed by atoms with van der Waals surface area (Å²) < 4.78 is 60.7. The molecule has 8 aromatic carbocycles. The highest BCUT2D eigenvalue weighted by Gasteiger charge is 2.32. The van der Waals surface area contributed by atoms with Gasteiger partial charge in [0.25, 0.3) is 0 Å². The minimum Gasteiger partial charge on any atom is -0.508 e. The molecule has 0 saturated heterocycles. The van der Waals surface area contributed by atoms with Gasteiger partial charge in [0.2, 0.25) is 15.8 Å². The van der Waals surface area contributed by atoms with Gasteiger partial charge in [-0.05, 0) is 76.3 Å². The molecule has 0 amide bonds. The van der Waals surface area contributed by atoms with Gasteiger partial charge < -0.3 is 28.8 Å². The van der Waals surface area contributed by atoms with Crippen molar-refractivity contribution < 1.29 is 51.6 Å². The van der Waals surface area contributed by atoms with Crippen LogP contribution in [-0.4, -0.2) is 37.9 Å². The number of nitrogens with one attached hydrogen (secondary N) is 1. The third-order valence-electron chi connectivity index (χ3n) is 11.0. The molecule has 8 rings (SSSR count). The van der Waals surface area contributed by atoms with Crippen LogP contribution in [0.2, 0.25) is 0 Å². The van der Waals surface area contributed by atoms with Crippen LogP contribution in [0.4, 0.5) is 0 Å². The molecule has 13 heteroatoms. The Bertz CT molecular complexity index is 3070. The van der Waals surface area contributed by atoms with E-state index in [1.54, 1.807) is 30.3 Å². The summed E-state index contributed by atoms with van der Waals surface area (Å²) in [6, 6.07) is 56.6. The van der Waals surface area contributed by atoms with Crippen molar-refractivity contribution in [3.8, 4) is 23.0 Å². The van der Waals surface area contributed by atoms with Gasteiger partial charge in [-0.3, -0.25) is 4.79 Å². The van der Waals surface area contributed by atoms with E-state index in [0.717, 1.165) is 22.3 Å². The molecule has 1 atom stereocenters. The smallest absolute Gasteiger partial charge is 0.339 e. The Morgan fingerprint density at radius 3 is 1.43 bits per heavy atom. The van der Waals surface area contributed by atoms with Gasteiger partial charge in [0.1, 0.15) is 61.6 Å². The maximum atomic E-state index is 15.6. The zero-order chi connectivity index (χ0) is 48.7. The highest BCUT2D eigenvalue weighted by Crippen LogP contribution is 2.38. The fourth-order valence-electron chi connectivity index (χ4n) is 7.35. The van der Waals surface area contributed by atoms with Gasteiger partial charge in [-0.15, -0.1) is 0 Å². The number of phenolic OH excluding ortho intramolecular Hbond substituents is 1. The standard InChI is InChI=1S/C57H47NO11S/c59-46-31-29-44(30-32-46)49(58-70(63,64)47-25-14-5-15-26-47)39-69-56(61)45-33-51(66-36-41-19-8-2-9-20-41)54(52(34-45)67-37-42-21-10-3-11-22-42)55(60)53-48(57(62)68-38-43-23-12-4-13-24-43)27-16-28-50(53)65-35-40-17-6-1-7-18-40/h1-34,49,58-59H,35-39H2. The molecule has 0 aliphatic carbocycles. The van der Waals surface area contributed by atoms with E-state index in [4.69, 9.17) is 23.7 Å². The molecule has 0 radical (unpaired) electrons. The SMILES string of the molecule is O=C(OCC(NS(=O)(=O)c1ccccc1)c1ccc(O)cc1)c1cc(OCc2ccccc2)c(C(=O)c2c(OCc3ccccc3)cccc2C(=O)OCc2ccccc2)c(OCc2ccccc2)c1. The highest BCUT2D eigenvalue weighted by atomic mass is 32.2. The second-order valence-electron chi connectivity index (χ2n) is 15.9. The molecule has 0 heterocycles. The van der Waals surface area contributed by atoms with Crippen molar-refractivity contribution in [2.75, 3.05) is 6.61 Å². The molecule has 0 aliphatic heterocycles. The number of benzene rings is 8. The third-order valence-corrected chi connectivity index (χ3v) is 12.4. The molecular formula is C57H47NO11S. The van der Waals surface area contributed by atoms with Crippen LogP contribution in [0.3, 0.4) is 0 Å². The monoisotopic (exact) mass is 953 g/mol. The van der Waals surface area contributed by atoms with Crippen molar-refractivity contribution in [2.45, 2.75) is 37.4 Å². The summed E-state index contributed by atoms with van der Waals surface area (Å²) in [5.74, 6) is -2.58. The topological polar surface area (TPSA) is 164 Å². The summed E-state index contributed by atoms with van der Waals surface area (Å²) >= 11 is 0. The van der Waals surface area contributed by atoms with Crippen LogP contribution in [0.25, 0.3) is 0 Å². The van der Waals surface area contributed by atoms with Gasteiger partial charge in [-0.1, -0.05) is 158 Å². The summed E-state index contributed by atoms with van der Waals surface area (Å²) in [4.78, 5) is 44.1. The number of ketones is 1. The van der Waals surface area contributed by atoms with E-state index in [2.05, 4.69) is 4.72 Å². The third kappa shape index (κ3) is 12.5. The average Bonchev–Trinajstić information content (AvgIpc) is 3.40. The molecule has 12 nitrogen and oxygen atoms in total. The van der Waals surface area contributed by atoms with Crippen molar-refractivity contribution in [2.24, 2.45) is 0 Å². The zero-order valence-corrected chi connectivity index (χ0v) is 38.5. The molecular weight excluding hydrogens is 907 g/mol. The van der Waals surface area contributed by atoms with Crippen LogP contribution in [0.5, 0.6) is 23.0 Å². The minimum atomic E-state index is -4.13. The first-order valence-corrected chi connectivity index (χ1v) is 23.7. The fourth-order valence-corrected chi connectivity index (χ4v) is 8.58. The highest BCUT2D eigenvalue weighted by molar-refractivity contribution is 7.89. The Balaban J connectivity index is 1.21. The molecule has 0 bridgehead atoms. The molecule has 8 aromatic rings. The molecule has 0 fully saturated rings. The summed E-state index contributed by atoms with van der Waals surface area (Å²) in [5, 5.41) is 10.0. The number of phenols is 1. The van der Waals surface area contributed by atoms with E-state index in [9.17, 15) is 23.1 Å². The van der Waals surface area contributed by atoms with Crippen LogP contribution >= 0.6 is 0 Å². The maximum absolute atomic E-state index is 15.6. The first-order valence-electron chi connectivity index (χ1n) is 22.2. The lowest BCUT2D eigenvalue weighted by atomic mass is 9.94. The van der Waals surface area contributed by atoms with Gasteiger partial charge in [-0.25, -0.2) is 22.7 Å². The fraction of sp³-hybridized carbons (Fsp3) is 0.105. The summed E-state index contributed by atoms with van der Waals surface area (Å²) in [5.41, 5.74) is 2.96. The van der Waals surface area contributed by atoms with E-state index in [1.807, 2.05) is 121 Å². The molecule has 1 unspecified atom stereocenters. The lowest BCUT2D eigenvalue weighted by molar-refractivity contribution is 0.0463. The Labute approximate surface area is 405 Å². The number of hydrogen-bond donors (Lipinski definition) is 2. The van der Waals surface area contributed by atoms with E-state index in [1.165, 1.54) is 54.6 Å². The number of carbonyl (C=O) groups is 3. The predicted molar refractivity (Wildman–Crippen MR) is 262 cm³/mol. The predicted octanol–water partition coefficient (Wildman–Crippen LogP) is 10.6. The van der Waals surface area contributed by atoms with Crippen LogP contribution in [0.1, 0.15) is 70.5 Å². The Morgan fingerprint density at radius 1 is 0.471 bits per heavy atom. The Morgan fingerprint density at radius 2 is 0.929 bits per heavy atom. The van der Waals surface area contributed by atoms with Gasteiger partial charge in [-0.2, -0.15) is 0 Å². The average molecular weight is 954 g/mol. The molecule has 0 aromatic heterocycles. The van der Waals surface area contributed by atoms with Crippen LogP contribution < -0.4 is 18.9 Å². The molecule has 352 valence electrons. The summed E-state index contributed by atoms with van der Waals surface area (Å²) in [6.07, 6.45) is 0. The molecule has 0 spiro atoms. The normalized spacial score (nSPS) is 11.5. The van der Waals surface area contributed by atoms with Crippen molar-refractivity contribution in [1.29, 1.82) is 0 Å². The van der Waals surface area contributed by atoms with Crippen molar-refractivity contribution >= 4 is 27.7 Å². The van der Waals surface area contributed by atoms with Crippen LogP contribution in [0.15, 0.2) is 211 Å². The van der Waals surface area contributed by atoms with Crippen LogP contribution in [0, 0.1) is 0 Å². The number of esters is 2. The van der Waals surface area contributed by atoms with Crippen LogP contribution in [-0.2, 0) is 45.9 Å². The summed E-state index contributed by atoms with van der Waals surface area (Å²) in [6.45, 7) is -0.620. The van der Waals surface area contributed by atoms with E-state index >= 15 is 4.79 Å². The first-order chi connectivity index (χ1) is 34.1.